The van der Waals surface area contributed by atoms with Gasteiger partial charge in [-0.25, -0.2) is 0 Å². The third kappa shape index (κ3) is 5.60. The Kier molecular flexibility index (Phi) is 5.71. The Morgan fingerprint density at radius 3 is 2.81 bits per heavy atom. The molecule has 0 bridgehead atoms. The van der Waals surface area contributed by atoms with Crippen molar-refractivity contribution < 1.29 is 9.53 Å². The van der Waals surface area contributed by atoms with Crippen LogP contribution >= 0.6 is 0 Å². The lowest BCUT2D eigenvalue weighted by atomic mass is 10.2. The summed E-state index contributed by atoms with van der Waals surface area (Å²) >= 11 is 0. The van der Waals surface area contributed by atoms with Crippen LogP contribution in [0.1, 0.15) is 31.9 Å². The molecule has 1 rings (SSSR count). The Hall–Kier alpha value is -1.23. The number of carbonyl (C=O) groups excluding carboxylic acids is 1. The molecule has 0 atom stereocenters. The summed E-state index contributed by atoms with van der Waals surface area (Å²) in [4.78, 5) is 10.6. The highest BCUT2D eigenvalue weighted by Crippen LogP contribution is 1.95. The highest BCUT2D eigenvalue weighted by Gasteiger charge is 1.96. The fourth-order valence-electron chi connectivity index (χ4n) is 1.36. The molecule has 5 heteroatoms. The third-order valence-electron chi connectivity index (χ3n) is 2.15. The monoisotopic (exact) mass is 225 g/mol. The zero-order valence-corrected chi connectivity index (χ0v) is 9.98. The normalized spacial score (nSPS) is 10.6. The number of ether oxygens (including phenoxy) is 1. The van der Waals surface area contributed by atoms with Gasteiger partial charge >= 0.3 is 0 Å². The van der Waals surface area contributed by atoms with Crippen LogP contribution in [-0.2, 0) is 16.1 Å². The van der Waals surface area contributed by atoms with Crippen LogP contribution in [0.25, 0.3) is 0 Å². The van der Waals surface area contributed by atoms with Crippen molar-refractivity contribution in [1.29, 1.82) is 0 Å². The maximum atomic E-state index is 10.6. The molecule has 0 saturated heterocycles. The van der Waals surface area contributed by atoms with Gasteiger partial charge in [0, 0.05) is 32.4 Å². The first-order chi connectivity index (χ1) is 7.68. The van der Waals surface area contributed by atoms with Gasteiger partial charge in [0.05, 0.1) is 5.69 Å². The topological polar surface area (TPSA) is 57.0 Å². The quantitative estimate of drug-likeness (QED) is 0.627. The molecule has 90 valence electrons. The van der Waals surface area contributed by atoms with Gasteiger partial charge in [0.1, 0.15) is 5.78 Å². The molecular formula is C11H19N3O2. The molecule has 0 unspecified atom stereocenters. The molecule has 1 aromatic rings. The molecule has 0 spiro atoms. The van der Waals surface area contributed by atoms with Crippen molar-refractivity contribution in [2.45, 2.75) is 39.7 Å². The summed E-state index contributed by atoms with van der Waals surface area (Å²) in [5, 5.41) is 7.84. The molecule has 0 fully saturated rings. The maximum absolute atomic E-state index is 10.6. The summed E-state index contributed by atoms with van der Waals surface area (Å²) in [5.74, 6) is 0.224. The van der Waals surface area contributed by atoms with Gasteiger partial charge in [0.2, 0.25) is 0 Å². The predicted molar refractivity (Wildman–Crippen MR) is 60.1 cm³/mol. The number of carbonyl (C=O) groups is 1. The van der Waals surface area contributed by atoms with Crippen LogP contribution in [0.15, 0.2) is 6.20 Å². The third-order valence-corrected chi connectivity index (χ3v) is 2.15. The van der Waals surface area contributed by atoms with Crippen molar-refractivity contribution >= 4 is 5.78 Å². The van der Waals surface area contributed by atoms with Gasteiger partial charge in [0.25, 0.3) is 0 Å². The molecule has 0 saturated carbocycles. The second-order valence-corrected chi connectivity index (χ2v) is 3.89. The molecule has 0 amide bonds. The minimum atomic E-state index is 0.224. The first-order valence-electron chi connectivity index (χ1n) is 5.62. The summed E-state index contributed by atoms with van der Waals surface area (Å²) in [6.45, 7) is 5.72. The fraction of sp³-hybridized carbons (Fsp3) is 0.727. The van der Waals surface area contributed by atoms with Crippen molar-refractivity contribution in [3.05, 3.63) is 11.9 Å². The molecule has 0 aromatic carbocycles. The van der Waals surface area contributed by atoms with Gasteiger partial charge in [-0.1, -0.05) is 5.21 Å². The molecule has 5 nitrogen and oxygen atoms in total. The number of nitrogens with zero attached hydrogens (tertiary/aromatic N) is 3. The van der Waals surface area contributed by atoms with Crippen molar-refractivity contribution in [3.63, 3.8) is 0 Å². The summed E-state index contributed by atoms with van der Waals surface area (Å²) < 4.78 is 7.21. The van der Waals surface area contributed by atoms with Crippen LogP contribution in [0.5, 0.6) is 0 Å². The molecule has 0 aliphatic carbocycles. The van der Waals surface area contributed by atoms with E-state index in [1.807, 2.05) is 17.8 Å². The zero-order valence-electron chi connectivity index (χ0n) is 9.98. The first-order valence-corrected chi connectivity index (χ1v) is 5.62. The van der Waals surface area contributed by atoms with Crippen LogP contribution in [0.2, 0.25) is 0 Å². The predicted octanol–water partition coefficient (Wildman–Crippen LogP) is 1.36. The van der Waals surface area contributed by atoms with Crippen molar-refractivity contribution in [2.24, 2.45) is 0 Å². The average Bonchev–Trinajstić information content (AvgIpc) is 2.62. The second kappa shape index (κ2) is 7.11. The number of hydrogen-bond acceptors (Lipinski definition) is 4. The van der Waals surface area contributed by atoms with E-state index in [-0.39, 0.29) is 5.78 Å². The van der Waals surface area contributed by atoms with Crippen molar-refractivity contribution in [1.82, 2.24) is 15.0 Å². The molecular weight excluding hydrogens is 206 g/mol. The summed E-state index contributed by atoms with van der Waals surface area (Å²) in [7, 11) is 0. The maximum Gasteiger partial charge on any atom is 0.129 e. The minimum absolute atomic E-state index is 0.224. The smallest absolute Gasteiger partial charge is 0.129 e. The Balaban J connectivity index is 1.94. The lowest BCUT2D eigenvalue weighted by Crippen LogP contribution is -2.05. The minimum Gasteiger partial charge on any atom is -0.381 e. The molecule has 1 aromatic heterocycles. The van der Waals surface area contributed by atoms with E-state index < -0.39 is 0 Å². The molecule has 0 aliphatic heterocycles. The molecule has 0 N–H and O–H groups in total. The number of aryl methyl sites for hydroxylation is 2. The van der Waals surface area contributed by atoms with Gasteiger partial charge in [-0.2, -0.15) is 0 Å². The molecule has 1 heterocycles. The Morgan fingerprint density at radius 1 is 1.44 bits per heavy atom. The average molecular weight is 225 g/mol. The largest absolute Gasteiger partial charge is 0.381 e. The van der Waals surface area contributed by atoms with Crippen LogP contribution in [0.4, 0.5) is 0 Å². The summed E-state index contributed by atoms with van der Waals surface area (Å²) in [5.41, 5.74) is 0.933. The van der Waals surface area contributed by atoms with Crippen molar-refractivity contribution in [3.8, 4) is 0 Å². The molecule has 0 radical (unpaired) electrons. The SMILES string of the molecule is CC(=O)CCCOCCCn1cc(C)nn1. The van der Waals surface area contributed by atoms with Gasteiger partial charge < -0.3 is 9.53 Å². The first kappa shape index (κ1) is 12.8. The number of ketones is 1. The standard InChI is InChI=1S/C11H19N3O2/c1-10-9-14(13-12-10)6-4-8-16-7-3-5-11(2)15/h9H,3-8H2,1-2H3. The highest BCUT2D eigenvalue weighted by molar-refractivity contribution is 5.75. The molecule has 16 heavy (non-hydrogen) atoms. The summed E-state index contributed by atoms with van der Waals surface area (Å²) in [6, 6.07) is 0. The van der Waals surface area contributed by atoms with Crippen LogP contribution in [0, 0.1) is 6.92 Å². The lowest BCUT2D eigenvalue weighted by Gasteiger charge is -2.03. The van der Waals surface area contributed by atoms with Crippen molar-refractivity contribution in [2.75, 3.05) is 13.2 Å². The van der Waals surface area contributed by atoms with E-state index >= 15 is 0 Å². The van der Waals surface area contributed by atoms with E-state index in [1.165, 1.54) is 0 Å². The van der Waals surface area contributed by atoms with E-state index in [2.05, 4.69) is 10.3 Å². The van der Waals surface area contributed by atoms with E-state index in [0.29, 0.717) is 19.6 Å². The van der Waals surface area contributed by atoms with Crippen LogP contribution in [0.3, 0.4) is 0 Å². The van der Waals surface area contributed by atoms with Crippen LogP contribution in [-0.4, -0.2) is 34.0 Å². The van der Waals surface area contributed by atoms with Gasteiger partial charge in [-0.3, -0.25) is 4.68 Å². The Morgan fingerprint density at radius 2 is 2.19 bits per heavy atom. The fourth-order valence-corrected chi connectivity index (χ4v) is 1.36. The van der Waals surface area contributed by atoms with E-state index in [9.17, 15) is 4.79 Å². The lowest BCUT2D eigenvalue weighted by molar-refractivity contribution is -0.117. The highest BCUT2D eigenvalue weighted by atomic mass is 16.5. The number of Topliss-reactive ketones (excluding diaryl/α,β-unsaturated/α-hetero) is 1. The summed E-state index contributed by atoms with van der Waals surface area (Å²) in [6.07, 6.45) is 4.26. The molecule has 0 aliphatic rings. The number of hydrogen-bond donors (Lipinski definition) is 0. The van der Waals surface area contributed by atoms with Gasteiger partial charge in [-0.05, 0) is 26.7 Å². The van der Waals surface area contributed by atoms with E-state index in [1.54, 1.807) is 6.92 Å². The van der Waals surface area contributed by atoms with Gasteiger partial charge in [0.15, 0.2) is 0 Å². The Bertz CT molecular complexity index is 323. The Labute approximate surface area is 95.8 Å². The number of rotatable bonds is 8. The van der Waals surface area contributed by atoms with Crippen LogP contribution < -0.4 is 0 Å². The zero-order chi connectivity index (χ0) is 11.8. The number of aromatic nitrogens is 3. The van der Waals surface area contributed by atoms with Gasteiger partial charge in [-0.15, -0.1) is 5.10 Å². The van der Waals surface area contributed by atoms with E-state index in [0.717, 1.165) is 25.1 Å². The second-order valence-electron chi connectivity index (χ2n) is 3.89. The van der Waals surface area contributed by atoms with E-state index in [4.69, 9.17) is 4.74 Å².